The number of aliphatic carboxylic acids is 1. The van der Waals surface area contributed by atoms with Gasteiger partial charge >= 0.3 is 5.97 Å². The van der Waals surface area contributed by atoms with Crippen molar-refractivity contribution in [1.82, 2.24) is 15.1 Å². The molecular weight excluding hydrogens is 286 g/mol. The SMILES string of the molecule is Cc1nn(C)c(CC2(C(=O)O)CCNC2)c1Br. The zero-order chi connectivity index (χ0) is 12.6. The summed E-state index contributed by atoms with van der Waals surface area (Å²) >= 11 is 3.48. The molecule has 1 atom stereocenters. The minimum atomic E-state index is -0.728. The van der Waals surface area contributed by atoms with Crippen LogP contribution in [0.5, 0.6) is 0 Å². The molecular formula is C11H16BrN3O2. The Kier molecular flexibility index (Phi) is 3.27. The summed E-state index contributed by atoms with van der Waals surface area (Å²) in [5.74, 6) is -0.728. The van der Waals surface area contributed by atoms with Crippen molar-refractivity contribution in [3.63, 3.8) is 0 Å². The first-order chi connectivity index (χ1) is 7.96. The van der Waals surface area contributed by atoms with Crippen LogP contribution in [0.1, 0.15) is 17.8 Å². The second-order valence-corrected chi connectivity index (χ2v) is 5.45. The molecule has 0 amide bonds. The van der Waals surface area contributed by atoms with Crippen molar-refractivity contribution in [1.29, 1.82) is 0 Å². The van der Waals surface area contributed by atoms with Gasteiger partial charge in [0.2, 0.25) is 0 Å². The molecule has 1 aliphatic heterocycles. The Bertz CT molecular complexity index is 450. The molecule has 1 saturated heterocycles. The van der Waals surface area contributed by atoms with Crippen LogP contribution in [-0.4, -0.2) is 33.9 Å². The topological polar surface area (TPSA) is 67.2 Å². The summed E-state index contributed by atoms with van der Waals surface area (Å²) in [5.41, 5.74) is 1.16. The first kappa shape index (κ1) is 12.6. The number of nitrogens with zero attached hydrogens (tertiary/aromatic N) is 2. The van der Waals surface area contributed by atoms with Crippen LogP contribution in [0.25, 0.3) is 0 Å². The van der Waals surface area contributed by atoms with Gasteiger partial charge in [-0.3, -0.25) is 9.48 Å². The highest BCUT2D eigenvalue weighted by atomic mass is 79.9. The standard InChI is InChI=1S/C11H16BrN3O2/c1-7-9(12)8(15(2)14-7)5-11(10(16)17)3-4-13-6-11/h13H,3-6H2,1-2H3,(H,16,17). The second kappa shape index (κ2) is 4.42. The maximum Gasteiger partial charge on any atom is 0.311 e. The predicted octanol–water partition coefficient (Wildman–Crippen LogP) is 1.10. The van der Waals surface area contributed by atoms with E-state index >= 15 is 0 Å². The number of hydrogen-bond acceptors (Lipinski definition) is 3. The number of carboxylic acids is 1. The lowest BCUT2D eigenvalue weighted by Crippen LogP contribution is -2.36. The minimum Gasteiger partial charge on any atom is -0.481 e. The summed E-state index contributed by atoms with van der Waals surface area (Å²) in [5, 5.41) is 16.9. The van der Waals surface area contributed by atoms with E-state index in [0.717, 1.165) is 22.4 Å². The second-order valence-electron chi connectivity index (χ2n) is 4.66. The number of aromatic nitrogens is 2. The van der Waals surface area contributed by atoms with Crippen LogP contribution in [0.4, 0.5) is 0 Å². The number of hydrogen-bond donors (Lipinski definition) is 2. The average molecular weight is 302 g/mol. The summed E-state index contributed by atoms with van der Waals surface area (Å²) in [6, 6.07) is 0. The number of nitrogens with one attached hydrogen (secondary N) is 1. The summed E-state index contributed by atoms with van der Waals surface area (Å²) in [6.45, 7) is 3.20. The van der Waals surface area contributed by atoms with E-state index in [9.17, 15) is 9.90 Å². The van der Waals surface area contributed by atoms with Gasteiger partial charge in [-0.2, -0.15) is 5.10 Å². The fourth-order valence-corrected chi connectivity index (χ4v) is 2.82. The maximum atomic E-state index is 11.5. The molecule has 2 N–H and O–H groups in total. The van der Waals surface area contributed by atoms with Gasteiger partial charge in [-0.1, -0.05) is 0 Å². The number of aryl methyl sites for hydroxylation is 2. The van der Waals surface area contributed by atoms with Crippen LogP contribution in [0.2, 0.25) is 0 Å². The highest BCUT2D eigenvalue weighted by Gasteiger charge is 2.42. The lowest BCUT2D eigenvalue weighted by atomic mass is 9.82. The summed E-state index contributed by atoms with van der Waals surface area (Å²) < 4.78 is 2.69. The molecule has 1 aromatic rings. The molecule has 1 unspecified atom stereocenters. The number of carbonyl (C=O) groups is 1. The molecule has 2 rings (SSSR count). The zero-order valence-corrected chi connectivity index (χ0v) is 11.5. The van der Waals surface area contributed by atoms with Gasteiger partial charge in [0, 0.05) is 20.0 Å². The van der Waals surface area contributed by atoms with E-state index in [1.165, 1.54) is 0 Å². The van der Waals surface area contributed by atoms with E-state index in [2.05, 4.69) is 26.3 Å². The largest absolute Gasteiger partial charge is 0.481 e. The van der Waals surface area contributed by atoms with E-state index in [0.29, 0.717) is 19.4 Å². The van der Waals surface area contributed by atoms with Gasteiger partial charge in [-0.15, -0.1) is 0 Å². The average Bonchev–Trinajstić information content (AvgIpc) is 2.81. The van der Waals surface area contributed by atoms with E-state index in [-0.39, 0.29) is 0 Å². The fraction of sp³-hybridized carbons (Fsp3) is 0.636. The van der Waals surface area contributed by atoms with Crippen molar-refractivity contribution >= 4 is 21.9 Å². The Morgan fingerprint density at radius 3 is 2.82 bits per heavy atom. The van der Waals surface area contributed by atoms with E-state index in [1.807, 2.05) is 14.0 Å². The molecule has 0 aliphatic carbocycles. The van der Waals surface area contributed by atoms with Crippen LogP contribution in [0.15, 0.2) is 4.47 Å². The Hall–Kier alpha value is -0.880. The van der Waals surface area contributed by atoms with Crippen LogP contribution in [0, 0.1) is 12.3 Å². The van der Waals surface area contributed by atoms with E-state index < -0.39 is 11.4 Å². The predicted molar refractivity (Wildman–Crippen MR) is 66.9 cm³/mol. The maximum absolute atomic E-state index is 11.5. The van der Waals surface area contributed by atoms with E-state index in [4.69, 9.17) is 0 Å². The van der Waals surface area contributed by atoms with Gasteiger partial charge in [0.1, 0.15) is 0 Å². The third-order valence-corrected chi connectivity index (χ3v) is 4.50. The fourth-order valence-electron chi connectivity index (χ4n) is 2.35. The first-order valence-electron chi connectivity index (χ1n) is 5.58. The molecule has 1 fully saturated rings. The molecule has 1 aliphatic rings. The third kappa shape index (κ3) is 2.11. The number of halogens is 1. The molecule has 0 aromatic carbocycles. The van der Waals surface area contributed by atoms with Crippen LogP contribution < -0.4 is 5.32 Å². The highest BCUT2D eigenvalue weighted by molar-refractivity contribution is 9.10. The molecule has 0 spiro atoms. The molecule has 1 aromatic heterocycles. The van der Waals surface area contributed by atoms with Crippen molar-refractivity contribution < 1.29 is 9.90 Å². The molecule has 0 bridgehead atoms. The lowest BCUT2D eigenvalue weighted by molar-refractivity contribution is -0.147. The van der Waals surface area contributed by atoms with Crippen molar-refractivity contribution in [3.8, 4) is 0 Å². The minimum absolute atomic E-state index is 0.507. The molecule has 0 saturated carbocycles. The van der Waals surface area contributed by atoms with Crippen LogP contribution in [-0.2, 0) is 18.3 Å². The van der Waals surface area contributed by atoms with Crippen LogP contribution in [0.3, 0.4) is 0 Å². The van der Waals surface area contributed by atoms with Gasteiger partial charge in [0.05, 0.1) is 21.3 Å². The quantitative estimate of drug-likeness (QED) is 0.877. The normalized spacial score (nSPS) is 24.2. The van der Waals surface area contributed by atoms with Gasteiger partial charge in [-0.25, -0.2) is 0 Å². The molecule has 5 nitrogen and oxygen atoms in total. The third-order valence-electron chi connectivity index (χ3n) is 3.46. The number of carboxylic acid groups (broad SMARTS) is 1. The molecule has 94 valence electrons. The van der Waals surface area contributed by atoms with Crippen molar-refractivity contribution in [2.45, 2.75) is 19.8 Å². The zero-order valence-electron chi connectivity index (χ0n) is 9.96. The summed E-state index contributed by atoms with van der Waals surface area (Å²) in [7, 11) is 1.85. The summed E-state index contributed by atoms with van der Waals surface area (Å²) in [4.78, 5) is 11.5. The monoisotopic (exact) mass is 301 g/mol. The number of rotatable bonds is 3. The van der Waals surface area contributed by atoms with Gasteiger partial charge in [-0.05, 0) is 35.8 Å². The Balaban J connectivity index is 2.33. The Morgan fingerprint density at radius 2 is 2.41 bits per heavy atom. The summed E-state index contributed by atoms with van der Waals surface area (Å²) in [6.07, 6.45) is 1.17. The van der Waals surface area contributed by atoms with Gasteiger partial charge in [0.25, 0.3) is 0 Å². The van der Waals surface area contributed by atoms with Gasteiger partial charge in [0.15, 0.2) is 0 Å². The Morgan fingerprint density at radius 1 is 1.71 bits per heavy atom. The van der Waals surface area contributed by atoms with Crippen molar-refractivity contribution in [3.05, 3.63) is 15.9 Å². The molecule has 0 radical (unpaired) electrons. The molecule has 2 heterocycles. The molecule has 6 heteroatoms. The lowest BCUT2D eigenvalue weighted by Gasteiger charge is -2.23. The van der Waals surface area contributed by atoms with Gasteiger partial charge < -0.3 is 10.4 Å². The van der Waals surface area contributed by atoms with Crippen molar-refractivity contribution in [2.75, 3.05) is 13.1 Å². The first-order valence-corrected chi connectivity index (χ1v) is 6.38. The highest BCUT2D eigenvalue weighted by Crippen LogP contribution is 2.33. The van der Waals surface area contributed by atoms with Crippen molar-refractivity contribution in [2.24, 2.45) is 12.5 Å². The smallest absolute Gasteiger partial charge is 0.311 e. The Labute approximate surface area is 108 Å². The molecule has 17 heavy (non-hydrogen) atoms. The van der Waals surface area contributed by atoms with Crippen LogP contribution >= 0.6 is 15.9 Å². The van der Waals surface area contributed by atoms with E-state index in [1.54, 1.807) is 4.68 Å².